The van der Waals surface area contributed by atoms with Crippen molar-refractivity contribution in [1.29, 1.82) is 0 Å². The number of carboxylic acid groups (broad SMARTS) is 1. The number of aryl methyl sites for hydroxylation is 3. The van der Waals surface area contributed by atoms with Crippen molar-refractivity contribution in [2.45, 2.75) is 39.7 Å². The monoisotopic (exact) mass is 353 g/mol. The zero-order chi connectivity index (χ0) is 19.3. The van der Waals surface area contributed by atoms with Crippen molar-refractivity contribution in [3.8, 4) is 0 Å². The first-order valence-corrected chi connectivity index (χ1v) is 8.46. The molecule has 2 rings (SSSR count). The summed E-state index contributed by atoms with van der Waals surface area (Å²) in [5.74, 6) is -1.73. The molecule has 1 atom stereocenters. The van der Waals surface area contributed by atoms with Crippen molar-refractivity contribution in [1.82, 2.24) is 5.32 Å². The number of rotatable bonds is 7. The van der Waals surface area contributed by atoms with Crippen molar-refractivity contribution in [3.05, 3.63) is 70.3 Å². The highest BCUT2D eigenvalue weighted by atomic mass is 16.4. The van der Waals surface area contributed by atoms with E-state index in [9.17, 15) is 19.5 Å². The molecule has 0 saturated carbocycles. The molecule has 1 unspecified atom stereocenters. The van der Waals surface area contributed by atoms with Crippen LogP contribution < -0.4 is 5.32 Å². The van der Waals surface area contributed by atoms with Gasteiger partial charge in [0.25, 0.3) is 0 Å². The first-order valence-electron chi connectivity index (χ1n) is 8.46. The highest BCUT2D eigenvalue weighted by Crippen LogP contribution is 2.18. The molecule has 0 aliphatic rings. The second-order valence-corrected chi connectivity index (χ2v) is 6.55. The lowest BCUT2D eigenvalue weighted by Crippen LogP contribution is -2.34. The lowest BCUT2D eigenvalue weighted by Gasteiger charge is -2.16. The third kappa shape index (κ3) is 5.28. The lowest BCUT2D eigenvalue weighted by atomic mass is 10.0. The van der Waals surface area contributed by atoms with E-state index in [1.165, 1.54) is 0 Å². The number of hydrogen-bond donors (Lipinski definition) is 2. The summed E-state index contributed by atoms with van der Waals surface area (Å²) in [5.41, 5.74) is 3.97. The minimum Gasteiger partial charge on any atom is -0.479 e. The summed E-state index contributed by atoms with van der Waals surface area (Å²) >= 11 is 0. The minimum atomic E-state index is -1.13. The van der Waals surface area contributed by atoms with Crippen LogP contribution in [0.15, 0.2) is 42.5 Å². The maximum absolute atomic E-state index is 12.2. The van der Waals surface area contributed by atoms with Crippen LogP contribution in [0.3, 0.4) is 0 Å². The number of nitrogens with one attached hydrogen (secondary N) is 1. The van der Waals surface area contributed by atoms with Gasteiger partial charge in [0.1, 0.15) is 0 Å². The average molecular weight is 353 g/mol. The average Bonchev–Trinajstić information content (AvgIpc) is 2.57. The maximum Gasteiger partial charge on any atom is 0.330 e. The van der Waals surface area contributed by atoms with Crippen LogP contribution in [0.5, 0.6) is 0 Å². The highest BCUT2D eigenvalue weighted by Gasteiger charge is 2.23. The minimum absolute atomic E-state index is 0.0358. The van der Waals surface area contributed by atoms with E-state index in [4.69, 9.17) is 0 Å². The Morgan fingerprint density at radius 3 is 2.00 bits per heavy atom. The number of Topliss-reactive ketones (excluding diaryl/α,β-unsaturated/α-hetero) is 1. The highest BCUT2D eigenvalue weighted by molar-refractivity contribution is 5.98. The molecule has 136 valence electrons. The Morgan fingerprint density at radius 1 is 0.885 bits per heavy atom. The molecule has 1 amide bonds. The first-order chi connectivity index (χ1) is 12.3. The summed E-state index contributed by atoms with van der Waals surface area (Å²) in [6.45, 7) is 5.68. The fourth-order valence-electron chi connectivity index (χ4n) is 2.81. The summed E-state index contributed by atoms with van der Waals surface area (Å²) in [6.07, 6.45) is -0.0185. The predicted molar refractivity (Wildman–Crippen MR) is 99.2 cm³/mol. The molecule has 0 bridgehead atoms. The molecule has 26 heavy (non-hydrogen) atoms. The summed E-state index contributed by atoms with van der Waals surface area (Å²) in [6, 6.07) is 11.4. The van der Waals surface area contributed by atoms with Gasteiger partial charge in [-0.05, 0) is 26.3 Å². The molecule has 0 fully saturated rings. The SMILES string of the molecule is Cc1ccc(C(=O)CCC(=O)NC(C(=O)O)c2cc(C)cc(C)c2)cc1. The van der Waals surface area contributed by atoms with Crippen LogP contribution in [0.2, 0.25) is 0 Å². The summed E-state index contributed by atoms with van der Waals surface area (Å²) in [7, 11) is 0. The van der Waals surface area contributed by atoms with Crippen LogP contribution in [0.1, 0.15) is 51.5 Å². The van der Waals surface area contributed by atoms with Crippen molar-refractivity contribution in [2.75, 3.05) is 0 Å². The van der Waals surface area contributed by atoms with E-state index in [2.05, 4.69) is 5.32 Å². The first kappa shape index (κ1) is 19.4. The quantitative estimate of drug-likeness (QED) is 0.746. The predicted octanol–water partition coefficient (Wildman–Crippen LogP) is 3.52. The number of carbonyl (C=O) groups excluding carboxylic acids is 2. The van der Waals surface area contributed by atoms with Gasteiger partial charge in [-0.1, -0.05) is 59.2 Å². The van der Waals surface area contributed by atoms with Crippen LogP contribution in [0.25, 0.3) is 0 Å². The van der Waals surface area contributed by atoms with Gasteiger partial charge in [0.2, 0.25) is 5.91 Å². The van der Waals surface area contributed by atoms with Crippen LogP contribution in [-0.4, -0.2) is 22.8 Å². The van der Waals surface area contributed by atoms with Gasteiger partial charge in [0.15, 0.2) is 11.8 Å². The smallest absolute Gasteiger partial charge is 0.330 e. The number of ketones is 1. The Morgan fingerprint density at radius 2 is 1.46 bits per heavy atom. The van der Waals surface area contributed by atoms with Crippen molar-refractivity contribution < 1.29 is 19.5 Å². The van der Waals surface area contributed by atoms with Gasteiger partial charge in [-0.25, -0.2) is 4.79 Å². The molecule has 2 aromatic carbocycles. The molecule has 5 heteroatoms. The fourth-order valence-corrected chi connectivity index (χ4v) is 2.81. The maximum atomic E-state index is 12.2. The Hall–Kier alpha value is -2.95. The van der Waals surface area contributed by atoms with E-state index in [0.717, 1.165) is 16.7 Å². The summed E-state index contributed by atoms with van der Waals surface area (Å²) in [4.78, 5) is 35.9. The van der Waals surface area contributed by atoms with E-state index < -0.39 is 17.9 Å². The van der Waals surface area contributed by atoms with Crippen LogP contribution in [0, 0.1) is 20.8 Å². The summed E-state index contributed by atoms with van der Waals surface area (Å²) < 4.78 is 0. The largest absolute Gasteiger partial charge is 0.479 e. The van der Waals surface area contributed by atoms with Gasteiger partial charge in [0, 0.05) is 18.4 Å². The van der Waals surface area contributed by atoms with Crippen LogP contribution in [-0.2, 0) is 9.59 Å². The number of carbonyl (C=O) groups is 3. The van der Waals surface area contributed by atoms with Gasteiger partial charge in [-0.2, -0.15) is 0 Å². The van der Waals surface area contributed by atoms with Gasteiger partial charge >= 0.3 is 5.97 Å². The second-order valence-electron chi connectivity index (χ2n) is 6.55. The van der Waals surface area contributed by atoms with Crippen molar-refractivity contribution in [2.24, 2.45) is 0 Å². The van der Waals surface area contributed by atoms with E-state index in [0.29, 0.717) is 11.1 Å². The van der Waals surface area contributed by atoms with Crippen LogP contribution >= 0.6 is 0 Å². The number of benzene rings is 2. The normalized spacial score (nSPS) is 11.7. The molecule has 0 saturated heterocycles. The van der Waals surface area contributed by atoms with Gasteiger partial charge in [0.05, 0.1) is 0 Å². The molecule has 0 radical (unpaired) electrons. The Balaban J connectivity index is 2.00. The van der Waals surface area contributed by atoms with Crippen molar-refractivity contribution in [3.63, 3.8) is 0 Å². The molecule has 0 spiro atoms. The Bertz CT molecular complexity index is 804. The third-order valence-corrected chi connectivity index (χ3v) is 4.08. The second kappa shape index (κ2) is 8.43. The number of carboxylic acids is 1. The third-order valence-electron chi connectivity index (χ3n) is 4.08. The molecule has 0 aromatic heterocycles. The van der Waals surface area contributed by atoms with Gasteiger partial charge in [-0.3, -0.25) is 9.59 Å². The van der Waals surface area contributed by atoms with Gasteiger partial charge < -0.3 is 10.4 Å². The standard InChI is InChI=1S/C21H23NO4/c1-13-4-6-16(7-5-13)18(23)8-9-19(24)22-20(21(25)26)17-11-14(2)10-15(3)12-17/h4-7,10-12,20H,8-9H2,1-3H3,(H,22,24)(H,25,26). The summed E-state index contributed by atoms with van der Waals surface area (Å²) in [5, 5.41) is 12.0. The van der Waals surface area contributed by atoms with Crippen molar-refractivity contribution >= 4 is 17.7 Å². The van der Waals surface area contributed by atoms with E-state index in [-0.39, 0.29) is 18.6 Å². The molecule has 5 nitrogen and oxygen atoms in total. The van der Waals surface area contributed by atoms with E-state index in [1.807, 2.05) is 39.0 Å². The molecule has 2 N–H and O–H groups in total. The zero-order valence-corrected chi connectivity index (χ0v) is 15.2. The topological polar surface area (TPSA) is 83.5 Å². The zero-order valence-electron chi connectivity index (χ0n) is 15.2. The Kier molecular flexibility index (Phi) is 6.28. The Labute approximate surface area is 153 Å². The number of hydrogen-bond acceptors (Lipinski definition) is 3. The lowest BCUT2D eigenvalue weighted by molar-refractivity contribution is -0.142. The molecule has 0 heterocycles. The van der Waals surface area contributed by atoms with E-state index in [1.54, 1.807) is 24.3 Å². The molecule has 0 aliphatic carbocycles. The molecule has 0 aliphatic heterocycles. The number of amides is 1. The van der Waals surface area contributed by atoms with Gasteiger partial charge in [-0.15, -0.1) is 0 Å². The molecule has 2 aromatic rings. The van der Waals surface area contributed by atoms with Crippen LogP contribution in [0.4, 0.5) is 0 Å². The fraction of sp³-hybridized carbons (Fsp3) is 0.286. The molecular weight excluding hydrogens is 330 g/mol. The number of aliphatic carboxylic acids is 1. The van der Waals surface area contributed by atoms with E-state index >= 15 is 0 Å². The molecular formula is C21H23NO4.